The second-order valence-electron chi connectivity index (χ2n) is 10.4. The summed E-state index contributed by atoms with van der Waals surface area (Å²) >= 11 is 0. The van der Waals surface area contributed by atoms with Gasteiger partial charge in [0.15, 0.2) is 5.82 Å². The van der Waals surface area contributed by atoms with Gasteiger partial charge >= 0.3 is 0 Å². The summed E-state index contributed by atoms with van der Waals surface area (Å²) in [4.78, 5) is 16.4. The predicted octanol–water partition coefficient (Wildman–Crippen LogP) is 4.05. The largest absolute Gasteiger partial charge is 0.370 e. The van der Waals surface area contributed by atoms with Crippen molar-refractivity contribution in [1.82, 2.24) is 34.3 Å². The van der Waals surface area contributed by atoms with Crippen molar-refractivity contribution in [3.05, 3.63) is 48.9 Å². The van der Waals surface area contributed by atoms with Gasteiger partial charge in [-0.3, -0.25) is 0 Å². The molecule has 7 heteroatoms. The van der Waals surface area contributed by atoms with Crippen LogP contribution in [0.25, 0.3) is 39.3 Å². The van der Waals surface area contributed by atoms with Gasteiger partial charge in [-0.2, -0.15) is 0 Å². The molecule has 3 aromatic heterocycles. The fraction of sp³-hybridized carbons (Fsp3) is 0.444. The zero-order valence-corrected chi connectivity index (χ0v) is 19.7. The molecular weight excluding hydrogens is 422 g/mol. The van der Waals surface area contributed by atoms with Crippen molar-refractivity contribution in [3.8, 4) is 11.5 Å². The second-order valence-corrected chi connectivity index (χ2v) is 10.4. The number of hydrogen-bond donors (Lipinski definition) is 1. The highest BCUT2D eigenvalue weighted by atomic mass is 15.2. The van der Waals surface area contributed by atoms with E-state index in [4.69, 9.17) is 4.98 Å². The first kappa shape index (κ1) is 20.2. The average Bonchev–Trinajstić information content (AvgIpc) is 3.29. The minimum atomic E-state index is 0.604. The van der Waals surface area contributed by atoms with E-state index < -0.39 is 0 Å². The van der Waals surface area contributed by atoms with Gasteiger partial charge in [0.05, 0.1) is 16.7 Å². The Balaban J connectivity index is 1.25. The monoisotopic (exact) mass is 453 g/mol. The molecule has 4 aromatic rings. The Bertz CT molecular complexity index is 1410. The van der Waals surface area contributed by atoms with Gasteiger partial charge < -0.3 is 19.4 Å². The summed E-state index contributed by atoms with van der Waals surface area (Å²) in [5.74, 6) is 2.55. The molecule has 0 amide bonds. The van der Waals surface area contributed by atoms with E-state index in [9.17, 15) is 0 Å². The minimum absolute atomic E-state index is 0.604. The molecule has 7 nitrogen and oxygen atoms in total. The van der Waals surface area contributed by atoms with E-state index in [0.717, 1.165) is 82.9 Å². The fourth-order valence-electron chi connectivity index (χ4n) is 6.00. The summed E-state index contributed by atoms with van der Waals surface area (Å²) in [6, 6.07) is 9.41. The van der Waals surface area contributed by atoms with Crippen molar-refractivity contribution in [2.24, 2.45) is 18.9 Å². The molecule has 1 aliphatic carbocycles. The topological polar surface area (TPSA) is 63.8 Å². The maximum atomic E-state index is 5.13. The van der Waals surface area contributed by atoms with Crippen molar-refractivity contribution < 1.29 is 0 Å². The highest BCUT2D eigenvalue weighted by Crippen LogP contribution is 2.36. The molecule has 2 unspecified atom stereocenters. The van der Waals surface area contributed by atoms with E-state index in [1.165, 1.54) is 25.7 Å². The standard InChI is InChI=1S/C27H31N7/c1-17(33-10-8-19-7-9-29-23(19)15-33)20-5-6-24-22(11-20)31-27(32(24)2)25-12-21-13-28-16-30-26(21)34(25)14-18-3-4-18/h5-6,11-13,16,18-19,23,29H,1,3-4,7-10,14-15H2,2H3. The molecule has 34 heavy (non-hydrogen) atoms. The van der Waals surface area contributed by atoms with E-state index in [1.54, 1.807) is 6.33 Å². The molecule has 1 saturated carbocycles. The first-order valence-corrected chi connectivity index (χ1v) is 12.6. The molecule has 1 N–H and O–H groups in total. The van der Waals surface area contributed by atoms with Crippen molar-refractivity contribution in [2.45, 2.75) is 38.3 Å². The van der Waals surface area contributed by atoms with Crippen LogP contribution >= 0.6 is 0 Å². The van der Waals surface area contributed by atoms with Gasteiger partial charge in [-0.25, -0.2) is 15.0 Å². The molecule has 2 saturated heterocycles. The number of imidazole rings is 1. The quantitative estimate of drug-likeness (QED) is 0.494. The number of nitrogens with one attached hydrogen (secondary N) is 1. The third-order valence-electron chi connectivity index (χ3n) is 8.20. The maximum Gasteiger partial charge on any atom is 0.157 e. The molecule has 7 rings (SSSR count). The van der Waals surface area contributed by atoms with Crippen LogP contribution in [0.5, 0.6) is 0 Å². The molecule has 2 aliphatic heterocycles. The normalized spacial score (nSPS) is 22.6. The summed E-state index contributed by atoms with van der Waals surface area (Å²) in [6.45, 7) is 8.78. The zero-order chi connectivity index (χ0) is 22.8. The van der Waals surface area contributed by atoms with Crippen LogP contribution in [0.2, 0.25) is 0 Å². The molecule has 3 aliphatic rings. The summed E-state index contributed by atoms with van der Waals surface area (Å²) < 4.78 is 4.55. The van der Waals surface area contributed by atoms with Crippen LogP contribution in [-0.2, 0) is 13.6 Å². The molecule has 0 radical (unpaired) electrons. The van der Waals surface area contributed by atoms with Gasteiger partial charge in [-0.1, -0.05) is 12.6 Å². The van der Waals surface area contributed by atoms with Crippen molar-refractivity contribution >= 4 is 27.8 Å². The Morgan fingerprint density at radius 1 is 1.18 bits per heavy atom. The van der Waals surface area contributed by atoms with Crippen LogP contribution < -0.4 is 5.32 Å². The lowest BCUT2D eigenvalue weighted by atomic mass is 9.92. The molecule has 5 heterocycles. The summed E-state index contributed by atoms with van der Waals surface area (Å²) in [6.07, 6.45) is 8.71. The first-order valence-electron chi connectivity index (χ1n) is 12.6. The van der Waals surface area contributed by atoms with Crippen molar-refractivity contribution in [2.75, 3.05) is 19.6 Å². The van der Waals surface area contributed by atoms with Gasteiger partial charge in [0.2, 0.25) is 0 Å². The number of aryl methyl sites for hydroxylation is 1. The molecule has 2 atom stereocenters. The molecular formula is C27H31N7. The Morgan fingerprint density at radius 3 is 2.97 bits per heavy atom. The Morgan fingerprint density at radius 2 is 2.09 bits per heavy atom. The van der Waals surface area contributed by atoms with Gasteiger partial charge in [-0.15, -0.1) is 0 Å². The van der Waals surface area contributed by atoms with Crippen LogP contribution in [0.1, 0.15) is 31.2 Å². The lowest BCUT2D eigenvalue weighted by Crippen LogP contribution is -2.45. The van der Waals surface area contributed by atoms with Crippen LogP contribution in [0.3, 0.4) is 0 Å². The summed E-state index contributed by atoms with van der Waals surface area (Å²) in [7, 11) is 2.11. The lowest BCUT2D eigenvalue weighted by molar-refractivity contribution is 0.231. The van der Waals surface area contributed by atoms with E-state index in [1.807, 2.05) is 6.20 Å². The Kier molecular flexibility index (Phi) is 4.56. The maximum absolute atomic E-state index is 5.13. The third kappa shape index (κ3) is 3.25. The van der Waals surface area contributed by atoms with Gasteiger partial charge in [0.1, 0.15) is 12.0 Å². The SMILES string of the molecule is C=C(c1ccc2c(c1)nc(-c1cc3cncnc3n1CC1CC1)n2C)N1CCC2CCNC2C1. The number of hydrogen-bond acceptors (Lipinski definition) is 5. The van der Waals surface area contributed by atoms with Crippen LogP contribution in [0, 0.1) is 11.8 Å². The number of nitrogens with zero attached hydrogens (tertiary/aromatic N) is 6. The fourth-order valence-corrected chi connectivity index (χ4v) is 6.00. The lowest BCUT2D eigenvalue weighted by Gasteiger charge is -2.37. The van der Waals surface area contributed by atoms with Crippen LogP contribution in [-0.4, -0.2) is 54.7 Å². The van der Waals surface area contributed by atoms with Crippen molar-refractivity contribution in [1.29, 1.82) is 0 Å². The van der Waals surface area contributed by atoms with E-state index in [0.29, 0.717) is 6.04 Å². The number of benzene rings is 1. The Labute approximate surface area is 199 Å². The molecule has 1 aromatic carbocycles. The Hall–Kier alpha value is -3.19. The average molecular weight is 454 g/mol. The van der Waals surface area contributed by atoms with Gasteiger partial charge in [-0.05, 0) is 67.8 Å². The van der Waals surface area contributed by atoms with Crippen LogP contribution in [0.4, 0.5) is 0 Å². The summed E-state index contributed by atoms with van der Waals surface area (Å²) in [5, 5.41) is 4.75. The molecule has 174 valence electrons. The number of aromatic nitrogens is 5. The van der Waals surface area contributed by atoms with E-state index in [-0.39, 0.29) is 0 Å². The molecule has 0 bridgehead atoms. The van der Waals surface area contributed by atoms with Gasteiger partial charge in [0.25, 0.3) is 0 Å². The van der Waals surface area contributed by atoms with E-state index >= 15 is 0 Å². The first-order chi connectivity index (χ1) is 16.7. The highest BCUT2D eigenvalue weighted by Gasteiger charge is 2.33. The zero-order valence-electron chi connectivity index (χ0n) is 19.7. The number of fused-ring (bicyclic) bond motifs is 3. The predicted molar refractivity (Wildman–Crippen MR) is 135 cm³/mol. The van der Waals surface area contributed by atoms with E-state index in [2.05, 4.69) is 67.2 Å². The minimum Gasteiger partial charge on any atom is -0.370 e. The summed E-state index contributed by atoms with van der Waals surface area (Å²) in [5.41, 5.74) is 6.55. The number of likely N-dealkylation sites (tertiary alicyclic amines) is 1. The second kappa shape index (κ2) is 7.67. The van der Waals surface area contributed by atoms with Crippen molar-refractivity contribution in [3.63, 3.8) is 0 Å². The van der Waals surface area contributed by atoms with Crippen LogP contribution in [0.15, 0.2) is 43.4 Å². The number of rotatable bonds is 5. The molecule has 3 fully saturated rings. The van der Waals surface area contributed by atoms with Gasteiger partial charge in [0, 0.05) is 50.0 Å². The number of piperidine rings is 1. The third-order valence-corrected chi connectivity index (χ3v) is 8.20. The molecule has 0 spiro atoms. The highest BCUT2D eigenvalue weighted by molar-refractivity contribution is 5.87. The smallest absolute Gasteiger partial charge is 0.157 e.